The van der Waals surface area contributed by atoms with E-state index in [-0.39, 0.29) is 0 Å². The molecule has 5 heteroatoms. The summed E-state index contributed by atoms with van der Waals surface area (Å²) in [5.74, 6) is 0.773. The summed E-state index contributed by atoms with van der Waals surface area (Å²) in [6, 6.07) is 8.54. The lowest BCUT2D eigenvalue weighted by Crippen LogP contribution is -2.40. The molecule has 1 aromatic rings. The van der Waals surface area contributed by atoms with E-state index in [1.54, 1.807) is 24.3 Å². The Morgan fingerprint density at radius 3 is 2.75 bits per heavy atom. The number of benzene rings is 1. The minimum Gasteiger partial charge on any atom is -0.302 e. The maximum Gasteiger partial charge on any atom is 0.240 e. The monoisotopic (exact) mass is 296 g/mol. The molecule has 2 rings (SSSR count). The Balaban J connectivity index is 1.81. The molecule has 1 N–H and O–H groups in total. The summed E-state index contributed by atoms with van der Waals surface area (Å²) >= 11 is 0. The Bertz CT molecular complexity index is 502. The average Bonchev–Trinajstić information content (AvgIpc) is 2.48. The maximum atomic E-state index is 12.1. The summed E-state index contributed by atoms with van der Waals surface area (Å²) in [6.45, 7) is 5.69. The molecule has 1 aromatic carbocycles. The van der Waals surface area contributed by atoms with Crippen LogP contribution in [0, 0.1) is 5.92 Å². The first-order valence-corrected chi connectivity index (χ1v) is 8.87. The molecule has 20 heavy (non-hydrogen) atoms. The largest absolute Gasteiger partial charge is 0.302 e. The van der Waals surface area contributed by atoms with Crippen LogP contribution in [0.15, 0.2) is 35.2 Å². The molecule has 1 fully saturated rings. The third-order valence-electron chi connectivity index (χ3n) is 3.95. The van der Waals surface area contributed by atoms with Crippen LogP contribution in [0.25, 0.3) is 0 Å². The molecular formula is C15H24N2O2S. The van der Waals surface area contributed by atoms with Gasteiger partial charge in [0, 0.05) is 19.6 Å². The first kappa shape index (κ1) is 15.5. The summed E-state index contributed by atoms with van der Waals surface area (Å²) in [6.07, 6.45) is 3.75. The lowest BCUT2D eigenvalue weighted by Gasteiger charge is -2.32. The molecule has 0 amide bonds. The van der Waals surface area contributed by atoms with Gasteiger partial charge in [-0.15, -0.1) is 0 Å². The van der Waals surface area contributed by atoms with Crippen molar-refractivity contribution in [2.24, 2.45) is 5.92 Å². The Hall–Kier alpha value is -0.910. The first-order chi connectivity index (χ1) is 9.62. The van der Waals surface area contributed by atoms with E-state index in [9.17, 15) is 8.42 Å². The van der Waals surface area contributed by atoms with Gasteiger partial charge in [0.25, 0.3) is 0 Å². The van der Waals surface area contributed by atoms with Crippen LogP contribution in [0.2, 0.25) is 0 Å². The highest BCUT2D eigenvalue weighted by atomic mass is 32.2. The molecule has 0 saturated carbocycles. The highest BCUT2D eigenvalue weighted by Gasteiger charge is 2.19. The Morgan fingerprint density at radius 2 is 2.05 bits per heavy atom. The second-order valence-corrected chi connectivity index (χ2v) is 7.19. The molecule has 1 heterocycles. The summed E-state index contributed by atoms with van der Waals surface area (Å²) in [4.78, 5) is 2.70. The van der Waals surface area contributed by atoms with Gasteiger partial charge in [0.15, 0.2) is 0 Å². The van der Waals surface area contributed by atoms with Crippen molar-refractivity contribution in [3.05, 3.63) is 30.3 Å². The number of likely N-dealkylation sites (tertiary alicyclic amines) is 1. The summed E-state index contributed by atoms with van der Waals surface area (Å²) in [5, 5.41) is 0. The zero-order valence-electron chi connectivity index (χ0n) is 12.1. The van der Waals surface area contributed by atoms with Gasteiger partial charge in [-0.2, -0.15) is 0 Å². The second-order valence-electron chi connectivity index (χ2n) is 5.43. The van der Waals surface area contributed by atoms with E-state index in [0.29, 0.717) is 11.4 Å². The molecule has 112 valence electrons. The fourth-order valence-corrected chi connectivity index (χ4v) is 3.75. The zero-order valence-corrected chi connectivity index (χ0v) is 12.9. The molecule has 1 saturated heterocycles. The summed E-state index contributed by atoms with van der Waals surface area (Å²) in [7, 11) is -3.36. The average molecular weight is 296 g/mol. The van der Waals surface area contributed by atoms with Crippen molar-refractivity contribution in [2.75, 3.05) is 26.2 Å². The Morgan fingerprint density at radius 1 is 1.30 bits per heavy atom. The van der Waals surface area contributed by atoms with Crippen molar-refractivity contribution in [3.63, 3.8) is 0 Å². The number of nitrogens with zero attached hydrogens (tertiary/aromatic N) is 1. The quantitative estimate of drug-likeness (QED) is 0.874. The van der Waals surface area contributed by atoms with E-state index in [0.717, 1.165) is 25.6 Å². The topological polar surface area (TPSA) is 49.4 Å². The number of rotatable bonds is 6. The van der Waals surface area contributed by atoms with Crippen LogP contribution in [0.4, 0.5) is 0 Å². The van der Waals surface area contributed by atoms with Gasteiger partial charge < -0.3 is 4.90 Å². The van der Waals surface area contributed by atoms with Gasteiger partial charge in [0.05, 0.1) is 4.90 Å². The van der Waals surface area contributed by atoms with Crippen molar-refractivity contribution in [1.82, 2.24) is 9.62 Å². The molecule has 1 aliphatic heterocycles. The van der Waals surface area contributed by atoms with Gasteiger partial charge in [0.2, 0.25) is 10.0 Å². The third kappa shape index (κ3) is 4.30. The van der Waals surface area contributed by atoms with Crippen LogP contribution in [-0.2, 0) is 10.0 Å². The molecule has 1 aliphatic rings. The molecule has 0 aromatic heterocycles. The highest BCUT2D eigenvalue weighted by Crippen LogP contribution is 2.18. The van der Waals surface area contributed by atoms with Crippen LogP contribution < -0.4 is 4.72 Å². The van der Waals surface area contributed by atoms with E-state index < -0.39 is 10.0 Å². The van der Waals surface area contributed by atoms with Crippen molar-refractivity contribution >= 4 is 10.0 Å². The van der Waals surface area contributed by atoms with Crippen LogP contribution in [0.5, 0.6) is 0 Å². The first-order valence-electron chi connectivity index (χ1n) is 7.39. The Kier molecular flexibility index (Phi) is 5.57. The number of nitrogens with one attached hydrogen (secondary N) is 1. The van der Waals surface area contributed by atoms with E-state index in [1.807, 2.05) is 6.07 Å². The van der Waals surface area contributed by atoms with Crippen LogP contribution in [0.3, 0.4) is 0 Å². The highest BCUT2D eigenvalue weighted by molar-refractivity contribution is 7.89. The molecule has 0 radical (unpaired) electrons. The fraction of sp³-hybridized carbons (Fsp3) is 0.600. The second kappa shape index (κ2) is 7.20. The summed E-state index contributed by atoms with van der Waals surface area (Å²) < 4.78 is 26.8. The smallest absolute Gasteiger partial charge is 0.240 e. The van der Waals surface area contributed by atoms with Gasteiger partial charge >= 0.3 is 0 Å². The van der Waals surface area contributed by atoms with Gasteiger partial charge in [-0.3, -0.25) is 0 Å². The van der Waals surface area contributed by atoms with Crippen molar-refractivity contribution < 1.29 is 8.42 Å². The molecule has 0 spiro atoms. The van der Waals surface area contributed by atoms with E-state index in [1.165, 1.54) is 19.3 Å². The predicted molar refractivity (Wildman–Crippen MR) is 81.1 cm³/mol. The lowest BCUT2D eigenvalue weighted by atomic mass is 9.96. The van der Waals surface area contributed by atoms with Gasteiger partial charge in [-0.25, -0.2) is 13.1 Å². The normalized spacial score (nSPS) is 20.9. The molecule has 0 unspecified atom stereocenters. The van der Waals surface area contributed by atoms with Crippen molar-refractivity contribution in [2.45, 2.75) is 31.1 Å². The van der Waals surface area contributed by atoms with Crippen molar-refractivity contribution in [1.29, 1.82) is 0 Å². The van der Waals surface area contributed by atoms with Crippen LogP contribution in [0.1, 0.15) is 26.2 Å². The van der Waals surface area contributed by atoms with Gasteiger partial charge in [0.1, 0.15) is 0 Å². The third-order valence-corrected chi connectivity index (χ3v) is 5.43. The minimum atomic E-state index is -3.36. The van der Waals surface area contributed by atoms with Gasteiger partial charge in [-0.1, -0.05) is 31.5 Å². The van der Waals surface area contributed by atoms with E-state index >= 15 is 0 Å². The lowest BCUT2D eigenvalue weighted by molar-refractivity contribution is 0.175. The standard InChI is InChI=1S/C15H24N2O2S/c1-2-14-7-6-11-17(13-14)12-10-16-20(18,19)15-8-4-3-5-9-15/h3-5,8-9,14,16H,2,6-7,10-13H2,1H3/t14-/m0/s1. The van der Waals surface area contributed by atoms with E-state index in [2.05, 4.69) is 16.5 Å². The molecule has 4 nitrogen and oxygen atoms in total. The SMILES string of the molecule is CC[C@H]1CCCN(CCNS(=O)(=O)c2ccccc2)C1. The summed E-state index contributed by atoms with van der Waals surface area (Å²) in [5.41, 5.74) is 0. The zero-order chi connectivity index (χ0) is 14.4. The predicted octanol–water partition coefficient (Wildman–Crippen LogP) is 2.09. The molecular weight excluding hydrogens is 272 g/mol. The molecule has 0 aliphatic carbocycles. The number of sulfonamides is 1. The van der Waals surface area contributed by atoms with E-state index in [4.69, 9.17) is 0 Å². The molecule has 0 bridgehead atoms. The minimum absolute atomic E-state index is 0.338. The Labute approximate surface area is 122 Å². The molecule has 1 atom stereocenters. The van der Waals surface area contributed by atoms with Crippen LogP contribution >= 0.6 is 0 Å². The maximum absolute atomic E-state index is 12.1. The number of hydrogen-bond donors (Lipinski definition) is 1. The van der Waals surface area contributed by atoms with Crippen LogP contribution in [-0.4, -0.2) is 39.5 Å². The fourth-order valence-electron chi connectivity index (χ4n) is 2.71. The van der Waals surface area contributed by atoms with Gasteiger partial charge in [-0.05, 0) is 37.4 Å². The number of hydrogen-bond acceptors (Lipinski definition) is 3. The van der Waals surface area contributed by atoms with Crippen molar-refractivity contribution in [3.8, 4) is 0 Å². The number of piperidine rings is 1.